The summed E-state index contributed by atoms with van der Waals surface area (Å²) < 4.78 is 0.747. The first-order valence-electron chi connectivity index (χ1n) is 4.41. The summed E-state index contributed by atoms with van der Waals surface area (Å²) >= 11 is 9.04. The lowest BCUT2D eigenvalue weighted by Crippen LogP contribution is -2.30. The van der Waals surface area contributed by atoms with Crippen molar-refractivity contribution in [3.8, 4) is 0 Å². The van der Waals surface area contributed by atoms with Crippen LogP contribution in [0.2, 0.25) is 5.02 Å². The second-order valence-corrected chi connectivity index (χ2v) is 4.57. The van der Waals surface area contributed by atoms with E-state index in [2.05, 4.69) is 21.2 Å². The van der Waals surface area contributed by atoms with Crippen LogP contribution >= 0.6 is 27.5 Å². The fourth-order valence-corrected chi connectivity index (χ4v) is 1.89. The largest absolute Gasteiger partial charge is 0.392 e. The summed E-state index contributed by atoms with van der Waals surface area (Å²) in [6, 6.07) is 4.94. The summed E-state index contributed by atoms with van der Waals surface area (Å²) in [5, 5.41) is 12.1. The zero-order valence-electron chi connectivity index (χ0n) is 8.13. The second-order valence-electron chi connectivity index (χ2n) is 3.22. The van der Waals surface area contributed by atoms with E-state index in [0.29, 0.717) is 10.6 Å². The number of aliphatic hydroxyl groups is 1. The summed E-state index contributed by atoms with van der Waals surface area (Å²) in [4.78, 5) is 11.6. The average molecular weight is 293 g/mol. The third-order valence-corrected chi connectivity index (χ3v) is 2.36. The Morgan fingerprint density at radius 1 is 1.60 bits per heavy atom. The van der Waals surface area contributed by atoms with Crippen molar-refractivity contribution >= 4 is 33.4 Å². The van der Waals surface area contributed by atoms with E-state index in [-0.39, 0.29) is 12.5 Å². The topological polar surface area (TPSA) is 49.3 Å². The number of benzene rings is 1. The quantitative estimate of drug-likeness (QED) is 0.897. The third kappa shape index (κ3) is 4.20. The maximum Gasteiger partial charge on any atom is 0.251 e. The van der Waals surface area contributed by atoms with Gasteiger partial charge in [-0.05, 0) is 25.1 Å². The number of nitrogens with one attached hydrogen (secondary N) is 1. The van der Waals surface area contributed by atoms with Gasteiger partial charge in [-0.2, -0.15) is 0 Å². The molecule has 1 aromatic rings. The van der Waals surface area contributed by atoms with Crippen LogP contribution in [0.4, 0.5) is 0 Å². The van der Waals surface area contributed by atoms with Gasteiger partial charge in [-0.25, -0.2) is 0 Å². The van der Waals surface area contributed by atoms with Crippen molar-refractivity contribution in [2.24, 2.45) is 0 Å². The van der Waals surface area contributed by atoms with Crippen LogP contribution in [0.15, 0.2) is 22.7 Å². The van der Waals surface area contributed by atoms with Gasteiger partial charge in [0.25, 0.3) is 5.91 Å². The molecule has 1 unspecified atom stereocenters. The van der Waals surface area contributed by atoms with E-state index in [1.54, 1.807) is 25.1 Å². The number of amides is 1. The molecule has 82 valence electrons. The number of carbonyl (C=O) groups is 1. The summed E-state index contributed by atoms with van der Waals surface area (Å²) in [5.41, 5.74) is 0.468. The third-order valence-electron chi connectivity index (χ3n) is 1.68. The molecule has 5 heteroatoms. The normalized spacial score (nSPS) is 12.3. The van der Waals surface area contributed by atoms with Crippen LogP contribution in [0.1, 0.15) is 17.3 Å². The molecule has 0 radical (unpaired) electrons. The zero-order chi connectivity index (χ0) is 11.4. The molecule has 0 saturated carbocycles. The molecular formula is C10H11BrClNO2. The van der Waals surface area contributed by atoms with Gasteiger partial charge in [0.15, 0.2) is 0 Å². The molecule has 1 aromatic carbocycles. The predicted octanol–water partition coefficient (Wildman–Crippen LogP) is 2.21. The molecule has 0 saturated heterocycles. The van der Waals surface area contributed by atoms with Crippen LogP contribution in [-0.4, -0.2) is 23.7 Å². The predicted molar refractivity (Wildman–Crippen MR) is 63.2 cm³/mol. The van der Waals surface area contributed by atoms with Crippen LogP contribution in [0, 0.1) is 0 Å². The van der Waals surface area contributed by atoms with Gasteiger partial charge >= 0.3 is 0 Å². The average Bonchev–Trinajstić information content (AvgIpc) is 2.12. The molecule has 2 N–H and O–H groups in total. The lowest BCUT2D eigenvalue weighted by Gasteiger charge is -2.07. The van der Waals surface area contributed by atoms with Gasteiger partial charge in [0.2, 0.25) is 0 Å². The molecular weight excluding hydrogens is 281 g/mol. The highest BCUT2D eigenvalue weighted by atomic mass is 79.9. The van der Waals surface area contributed by atoms with Crippen LogP contribution in [0.3, 0.4) is 0 Å². The van der Waals surface area contributed by atoms with E-state index < -0.39 is 6.10 Å². The van der Waals surface area contributed by atoms with E-state index in [1.165, 1.54) is 0 Å². The first-order valence-corrected chi connectivity index (χ1v) is 5.58. The van der Waals surface area contributed by atoms with Crippen molar-refractivity contribution in [2.45, 2.75) is 13.0 Å². The molecule has 0 spiro atoms. The molecule has 3 nitrogen and oxygen atoms in total. The van der Waals surface area contributed by atoms with Gasteiger partial charge in [-0.3, -0.25) is 4.79 Å². The van der Waals surface area contributed by atoms with Crippen LogP contribution in [-0.2, 0) is 0 Å². The minimum atomic E-state index is -0.559. The SMILES string of the molecule is CC(O)CNC(=O)c1cc(Cl)cc(Br)c1. The highest BCUT2D eigenvalue weighted by molar-refractivity contribution is 9.10. The molecule has 15 heavy (non-hydrogen) atoms. The van der Waals surface area contributed by atoms with Crippen molar-refractivity contribution in [2.75, 3.05) is 6.54 Å². The number of hydrogen-bond acceptors (Lipinski definition) is 2. The van der Waals surface area contributed by atoms with Gasteiger partial charge in [-0.1, -0.05) is 27.5 Å². The molecule has 1 amide bonds. The van der Waals surface area contributed by atoms with E-state index in [1.807, 2.05) is 0 Å². The molecule has 0 aliphatic carbocycles. The van der Waals surface area contributed by atoms with E-state index >= 15 is 0 Å². The minimum Gasteiger partial charge on any atom is -0.392 e. The van der Waals surface area contributed by atoms with Gasteiger partial charge in [0.05, 0.1) is 6.10 Å². The Kier molecular flexibility index (Phi) is 4.57. The Hall–Kier alpha value is -0.580. The summed E-state index contributed by atoms with van der Waals surface area (Å²) in [7, 11) is 0. The van der Waals surface area contributed by atoms with Gasteiger partial charge in [-0.15, -0.1) is 0 Å². The first kappa shape index (κ1) is 12.5. The monoisotopic (exact) mass is 291 g/mol. The molecule has 0 aromatic heterocycles. The lowest BCUT2D eigenvalue weighted by atomic mass is 10.2. The van der Waals surface area contributed by atoms with Gasteiger partial charge in [0, 0.05) is 21.6 Å². The van der Waals surface area contributed by atoms with E-state index in [9.17, 15) is 4.79 Å². The van der Waals surface area contributed by atoms with Gasteiger partial charge < -0.3 is 10.4 Å². The Morgan fingerprint density at radius 3 is 2.80 bits per heavy atom. The second kappa shape index (κ2) is 5.49. The highest BCUT2D eigenvalue weighted by Gasteiger charge is 2.07. The maximum atomic E-state index is 11.6. The Balaban J connectivity index is 2.73. The zero-order valence-corrected chi connectivity index (χ0v) is 10.5. The number of rotatable bonds is 3. The fourth-order valence-electron chi connectivity index (χ4n) is 1.03. The Labute approximate surface area is 102 Å². The smallest absolute Gasteiger partial charge is 0.251 e. The van der Waals surface area contributed by atoms with Crippen LogP contribution in [0.25, 0.3) is 0 Å². The number of halogens is 2. The first-order chi connectivity index (χ1) is 6.99. The van der Waals surface area contributed by atoms with Crippen molar-refractivity contribution in [3.63, 3.8) is 0 Å². The summed E-state index contributed by atoms with van der Waals surface area (Å²) in [6.45, 7) is 1.83. The molecule has 1 rings (SSSR count). The van der Waals surface area contributed by atoms with Crippen molar-refractivity contribution < 1.29 is 9.90 Å². The molecule has 0 aliphatic rings. The molecule has 1 atom stereocenters. The molecule has 0 fully saturated rings. The highest BCUT2D eigenvalue weighted by Crippen LogP contribution is 2.19. The summed E-state index contributed by atoms with van der Waals surface area (Å²) in [5.74, 6) is -0.251. The molecule has 0 heterocycles. The van der Waals surface area contributed by atoms with E-state index in [4.69, 9.17) is 16.7 Å². The minimum absolute atomic E-state index is 0.225. The molecule has 0 aliphatic heterocycles. The van der Waals surface area contributed by atoms with Crippen LogP contribution < -0.4 is 5.32 Å². The van der Waals surface area contributed by atoms with E-state index in [0.717, 1.165) is 4.47 Å². The van der Waals surface area contributed by atoms with Crippen LogP contribution in [0.5, 0.6) is 0 Å². The van der Waals surface area contributed by atoms with Crippen molar-refractivity contribution in [1.29, 1.82) is 0 Å². The Bertz CT molecular complexity index is 348. The Morgan fingerprint density at radius 2 is 2.27 bits per heavy atom. The van der Waals surface area contributed by atoms with Gasteiger partial charge in [0.1, 0.15) is 0 Å². The standard InChI is InChI=1S/C10H11BrClNO2/c1-6(14)5-13-10(15)7-2-8(11)4-9(12)3-7/h2-4,6,14H,5H2,1H3,(H,13,15). The number of aliphatic hydroxyl groups excluding tert-OH is 1. The van der Waals surface area contributed by atoms with Crippen molar-refractivity contribution in [1.82, 2.24) is 5.32 Å². The number of carbonyl (C=O) groups excluding carboxylic acids is 1. The lowest BCUT2D eigenvalue weighted by molar-refractivity contribution is 0.0924. The molecule has 0 bridgehead atoms. The van der Waals surface area contributed by atoms with Crippen molar-refractivity contribution in [3.05, 3.63) is 33.3 Å². The fraction of sp³-hybridized carbons (Fsp3) is 0.300. The number of hydrogen-bond donors (Lipinski definition) is 2. The summed E-state index contributed by atoms with van der Waals surface area (Å²) in [6.07, 6.45) is -0.559. The maximum absolute atomic E-state index is 11.6.